The molecule has 0 aromatic heterocycles. The van der Waals surface area contributed by atoms with Crippen LogP contribution in [0.2, 0.25) is 0 Å². The van der Waals surface area contributed by atoms with Gasteiger partial charge >= 0.3 is 0 Å². The first-order valence-electron chi connectivity index (χ1n) is 12.8. The highest BCUT2D eigenvalue weighted by Gasteiger charge is 2.21. The van der Waals surface area contributed by atoms with Crippen molar-refractivity contribution < 1.29 is 0 Å². The molecule has 0 N–H and O–H groups in total. The molecule has 0 fully saturated rings. The minimum Gasteiger partial charge on any atom is -0.0984 e. The van der Waals surface area contributed by atoms with Crippen molar-refractivity contribution in [2.75, 3.05) is 0 Å². The molecule has 0 heteroatoms. The van der Waals surface area contributed by atoms with E-state index < -0.39 is 0 Å². The smallest absolute Gasteiger partial charge is 0.00204 e. The van der Waals surface area contributed by atoms with Crippen LogP contribution in [0, 0.1) is 6.92 Å². The molecule has 0 atom stereocenters. The number of aryl methyl sites for hydroxylation is 1. The third-order valence-electron chi connectivity index (χ3n) is 7.39. The highest BCUT2D eigenvalue weighted by atomic mass is 14.2. The Balaban J connectivity index is 1.82. The summed E-state index contributed by atoms with van der Waals surface area (Å²) in [5, 5.41) is 2.38. The summed E-state index contributed by atoms with van der Waals surface area (Å²) in [5.41, 5.74) is 12.7. The quantitative estimate of drug-likeness (QED) is 0.249. The lowest BCUT2D eigenvalue weighted by molar-refractivity contribution is 1.04. The molecule has 4 aromatic rings. The standard InChI is InChI=1S/C37H32/c1-6-29-25(5)19-24-35(30(29)7-2)37-32(9-4)31(8-3)36(33-17-13-14-18-34(33)37)28-22-20-27(21-23-28)26-15-11-10-12-16-26/h6-9,11,13-24H,1-4,10,12H2,5H3. The maximum atomic E-state index is 4.25. The van der Waals surface area contributed by atoms with E-state index in [0.29, 0.717) is 0 Å². The molecule has 0 spiro atoms. The van der Waals surface area contributed by atoms with E-state index in [0.717, 1.165) is 46.2 Å². The summed E-state index contributed by atoms with van der Waals surface area (Å²) < 4.78 is 0. The fourth-order valence-electron chi connectivity index (χ4n) is 5.61. The predicted molar refractivity (Wildman–Crippen MR) is 166 cm³/mol. The molecule has 180 valence electrons. The van der Waals surface area contributed by atoms with Gasteiger partial charge in [0.1, 0.15) is 0 Å². The minimum atomic E-state index is 1.08. The van der Waals surface area contributed by atoms with Crippen LogP contribution in [-0.2, 0) is 0 Å². The van der Waals surface area contributed by atoms with Gasteiger partial charge in [0, 0.05) is 0 Å². The second-order valence-corrected chi connectivity index (χ2v) is 9.41. The summed E-state index contributed by atoms with van der Waals surface area (Å²) in [6, 6.07) is 21.9. The molecule has 4 aromatic carbocycles. The lowest BCUT2D eigenvalue weighted by atomic mass is 9.81. The molecule has 0 unspecified atom stereocenters. The Morgan fingerprint density at radius 2 is 1.19 bits per heavy atom. The molecule has 0 radical (unpaired) electrons. The zero-order valence-corrected chi connectivity index (χ0v) is 21.6. The van der Waals surface area contributed by atoms with Gasteiger partial charge in [0.2, 0.25) is 0 Å². The third kappa shape index (κ3) is 4.15. The summed E-state index contributed by atoms with van der Waals surface area (Å²) in [5.74, 6) is 0. The fourth-order valence-corrected chi connectivity index (χ4v) is 5.61. The molecule has 0 aliphatic heterocycles. The molecule has 0 heterocycles. The van der Waals surface area contributed by atoms with Gasteiger partial charge in [-0.15, -0.1) is 0 Å². The third-order valence-corrected chi connectivity index (χ3v) is 7.39. The lowest BCUT2D eigenvalue weighted by Crippen LogP contribution is -1.99. The van der Waals surface area contributed by atoms with Gasteiger partial charge in [-0.25, -0.2) is 0 Å². The van der Waals surface area contributed by atoms with Crippen molar-refractivity contribution >= 4 is 40.6 Å². The molecule has 1 aliphatic carbocycles. The van der Waals surface area contributed by atoms with Crippen molar-refractivity contribution in [3.63, 3.8) is 0 Å². The van der Waals surface area contributed by atoms with Crippen molar-refractivity contribution in [3.05, 3.63) is 139 Å². The highest BCUT2D eigenvalue weighted by Crippen LogP contribution is 2.45. The first kappa shape index (κ1) is 24.3. The van der Waals surface area contributed by atoms with E-state index in [1.807, 2.05) is 24.3 Å². The second-order valence-electron chi connectivity index (χ2n) is 9.41. The Morgan fingerprint density at radius 1 is 0.595 bits per heavy atom. The van der Waals surface area contributed by atoms with Crippen molar-refractivity contribution in [3.8, 4) is 22.3 Å². The molecule has 1 aliphatic rings. The van der Waals surface area contributed by atoms with Crippen molar-refractivity contribution in [1.82, 2.24) is 0 Å². The number of benzene rings is 4. The maximum absolute atomic E-state index is 4.25. The fraction of sp³-hybridized carbons (Fsp3) is 0.0811. The highest BCUT2D eigenvalue weighted by molar-refractivity contribution is 6.12. The zero-order chi connectivity index (χ0) is 25.9. The largest absolute Gasteiger partial charge is 0.0984 e. The van der Waals surface area contributed by atoms with Crippen LogP contribution in [0.25, 0.3) is 62.9 Å². The van der Waals surface area contributed by atoms with Crippen molar-refractivity contribution in [2.24, 2.45) is 0 Å². The van der Waals surface area contributed by atoms with Gasteiger partial charge in [0.25, 0.3) is 0 Å². The molecule has 0 amide bonds. The topological polar surface area (TPSA) is 0 Å². The SMILES string of the molecule is C=Cc1c(C)ccc(-c2c(C=C)c(C=C)c(-c3ccc(C4=CCCC=C4)cc3)c3ccccc23)c1C=C. The molecule has 0 saturated carbocycles. The first-order valence-corrected chi connectivity index (χ1v) is 12.8. The average molecular weight is 477 g/mol. The van der Waals surface area contributed by atoms with Crippen LogP contribution in [-0.4, -0.2) is 0 Å². The van der Waals surface area contributed by atoms with Gasteiger partial charge < -0.3 is 0 Å². The van der Waals surface area contributed by atoms with Gasteiger partial charge in [-0.2, -0.15) is 0 Å². The van der Waals surface area contributed by atoms with E-state index in [9.17, 15) is 0 Å². The molecule has 0 bridgehead atoms. The summed E-state index contributed by atoms with van der Waals surface area (Å²) in [6.07, 6.45) is 16.8. The number of hydrogen-bond acceptors (Lipinski definition) is 0. The normalized spacial score (nSPS) is 12.7. The molecule has 37 heavy (non-hydrogen) atoms. The predicted octanol–water partition coefficient (Wildman–Crippen LogP) is 10.8. The summed E-state index contributed by atoms with van der Waals surface area (Å²) in [6.45, 7) is 18.8. The van der Waals surface area contributed by atoms with Crippen LogP contribution in [0.1, 0.15) is 46.2 Å². The van der Waals surface area contributed by atoms with Crippen molar-refractivity contribution in [2.45, 2.75) is 19.8 Å². The van der Waals surface area contributed by atoms with Crippen molar-refractivity contribution in [1.29, 1.82) is 0 Å². The van der Waals surface area contributed by atoms with E-state index in [-0.39, 0.29) is 0 Å². The average Bonchev–Trinajstić information content (AvgIpc) is 2.96. The molecule has 0 saturated heterocycles. The summed E-state index contributed by atoms with van der Waals surface area (Å²) in [7, 11) is 0. The van der Waals surface area contributed by atoms with Crippen LogP contribution in [0.5, 0.6) is 0 Å². The summed E-state index contributed by atoms with van der Waals surface area (Å²) in [4.78, 5) is 0. The number of fused-ring (bicyclic) bond motifs is 1. The maximum Gasteiger partial charge on any atom is -0.00204 e. The Kier molecular flexibility index (Phi) is 6.75. The Labute approximate surface area is 221 Å². The van der Waals surface area contributed by atoms with Crippen LogP contribution < -0.4 is 0 Å². The Hall–Kier alpha value is -4.42. The van der Waals surface area contributed by atoms with Gasteiger partial charge in [0.15, 0.2) is 0 Å². The molecular formula is C37H32. The number of hydrogen-bond donors (Lipinski definition) is 0. The van der Waals surface area contributed by atoms with E-state index in [1.54, 1.807) is 0 Å². The molecule has 5 rings (SSSR count). The van der Waals surface area contributed by atoms with Crippen LogP contribution in [0.4, 0.5) is 0 Å². The van der Waals surface area contributed by atoms with Gasteiger partial charge in [-0.05, 0) is 91.7 Å². The number of allylic oxidation sites excluding steroid dienone is 4. The van der Waals surface area contributed by atoms with E-state index in [4.69, 9.17) is 0 Å². The van der Waals surface area contributed by atoms with Crippen LogP contribution >= 0.6 is 0 Å². The minimum absolute atomic E-state index is 1.08. The van der Waals surface area contributed by atoms with E-state index >= 15 is 0 Å². The summed E-state index contributed by atoms with van der Waals surface area (Å²) >= 11 is 0. The zero-order valence-electron chi connectivity index (χ0n) is 21.6. The second kappa shape index (κ2) is 10.3. The number of rotatable bonds is 7. The van der Waals surface area contributed by atoms with E-state index in [1.165, 1.54) is 38.6 Å². The van der Waals surface area contributed by atoms with Crippen LogP contribution in [0.3, 0.4) is 0 Å². The molecule has 0 nitrogen and oxygen atoms in total. The van der Waals surface area contributed by atoms with E-state index in [2.05, 4.69) is 112 Å². The first-order chi connectivity index (χ1) is 18.1. The Morgan fingerprint density at radius 3 is 1.78 bits per heavy atom. The Bertz CT molecular complexity index is 1620. The van der Waals surface area contributed by atoms with Gasteiger partial charge in [-0.1, -0.05) is 130 Å². The van der Waals surface area contributed by atoms with Gasteiger partial charge in [0.05, 0.1) is 0 Å². The monoisotopic (exact) mass is 476 g/mol. The molecular weight excluding hydrogens is 444 g/mol. The van der Waals surface area contributed by atoms with Crippen LogP contribution in [0.15, 0.2) is 105 Å². The lowest BCUT2D eigenvalue weighted by Gasteiger charge is -2.22. The van der Waals surface area contributed by atoms with Gasteiger partial charge in [-0.3, -0.25) is 0 Å².